The number of aromatic nitrogens is 2. The SMILES string of the molecule is Cc1ccc(-n2c(/N=C(\C(Cl)Cl)S(=O)(=O)c3ccccc3)nc(S(=O)(=O)c3ccccc3)c2N2CCOCC2)cc1. The number of halogens is 2. The Morgan fingerprint density at radius 1 is 0.854 bits per heavy atom. The smallest absolute Gasteiger partial charge is 0.238 e. The van der Waals surface area contributed by atoms with Gasteiger partial charge < -0.3 is 9.64 Å². The lowest BCUT2D eigenvalue weighted by molar-refractivity contribution is 0.122. The Hall–Kier alpha value is -3.22. The van der Waals surface area contributed by atoms with Gasteiger partial charge >= 0.3 is 0 Å². The molecule has 0 aliphatic carbocycles. The van der Waals surface area contributed by atoms with E-state index in [1.54, 1.807) is 48.5 Å². The van der Waals surface area contributed by atoms with Crippen molar-refractivity contribution < 1.29 is 21.6 Å². The van der Waals surface area contributed by atoms with Crippen LogP contribution in [0.2, 0.25) is 0 Å². The molecule has 2 heterocycles. The second-order valence-electron chi connectivity index (χ2n) is 9.19. The summed E-state index contributed by atoms with van der Waals surface area (Å²) in [6.07, 6.45) is 0. The Morgan fingerprint density at radius 2 is 1.41 bits per heavy atom. The molecule has 0 amide bonds. The summed E-state index contributed by atoms with van der Waals surface area (Å²) in [5.41, 5.74) is 1.49. The predicted molar refractivity (Wildman–Crippen MR) is 159 cm³/mol. The van der Waals surface area contributed by atoms with Gasteiger partial charge in [0.25, 0.3) is 0 Å². The van der Waals surface area contributed by atoms with E-state index in [4.69, 9.17) is 27.9 Å². The van der Waals surface area contributed by atoms with Crippen molar-refractivity contribution in [3.05, 3.63) is 90.5 Å². The third-order valence-electron chi connectivity index (χ3n) is 6.44. The van der Waals surface area contributed by atoms with Gasteiger partial charge in [-0.3, -0.25) is 4.57 Å². The minimum absolute atomic E-state index is 0.0308. The van der Waals surface area contributed by atoms with Gasteiger partial charge in [0.2, 0.25) is 30.6 Å². The van der Waals surface area contributed by atoms with Crippen molar-refractivity contribution in [2.24, 2.45) is 4.99 Å². The number of sulfone groups is 2. The summed E-state index contributed by atoms with van der Waals surface area (Å²) in [5.74, 6) is 0.0302. The van der Waals surface area contributed by atoms with E-state index in [9.17, 15) is 16.8 Å². The van der Waals surface area contributed by atoms with Crippen LogP contribution in [0.1, 0.15) is 5.56 Å². The molecule has 0 bridgehead atoms. The zero-order chi connectivity index (χ0) is 29.2. The summed E-state index contributed by atoms with van der Waals surface area (Å²) in [7, 11) is -8.45. The van der Waals surface area contributed by atoms with E-state index >= 15 is 0 Å². The lowest BCUT2D eigenvalue weighted by Crippen LogP contribution is -2.38. The van der Waals surface area contributed by atoms with Crippen LogP contribution >= 0.6 is 23.2 Å². The number of alkyl halides is 2. The third kappa shape index (κ3) is 5.91. The first kappa shape index (κ1) is 29.3. The van der Waals surface area contributed by atoms with Crippen molar-refractivity contribution in [2.75, 3.05) is 31.2 Å². The van der Waals surface area contributed by atoms with Crippen molar-refractivity contribution >= 4 is 59.7 Å². The van der Waals surface area contributed by atoms with Crippen LogP contribution in [-0.2, 0) is 24.4 Å². The highest BCUT2D eigenvalue weighted by atomic mass is 35.5. The minimum atomic E-state index is -4.27. The number of hydrogen-bond acceptors (Lipinski definition) is 8. The minimum Gasteiger partial charge on any atom is -0.378 e. The predicted octanol–water partition coefficient (Wildman–Crippen LogP) is 5.16. The highest BCUT2D eigenvalue weighted by molar-refractivity contribution is 8.06. The number of aliphatic imine (C=N–C) groups is 1. The lowest BCUT2D eigenvalue weighted by atomic mass is 10.2. The fourth-order valence-electron chi connectivity index (χ4n) is 4.38. The van der Waals surface area contributed by atoms with Gasteiger partial charge in [0.05, 0.1) is 28.7 Å². The number of morpholine rings is 1. The second kappa shape index (κ2) is 11.9. The van der Waals surface area contributed by atoms with Crippen molar-refractivity contribution in [1.29, 1.82) is 0 Å². The van der Waals surface area contributed by atoms with Crippen molar-refractivity contribution in [3.63, 3.8) is 0 Å². The molecule has 0 unspecified atom stereocenters. The number of imidazole rings is 1. The van der Waals surface area contributed by atoms with Crippen molar-refractivity contribution in [1.82, 2.24) is 9.55 Å². The van der Waals surface area contributed by atoms with Crippen LogP contribution < -0.4 is 4.90 Å². The number of rotatable bonds is 7. The Labute approximate surface area is 248 Å². The summed E-state index contributed by atoms with van der Waals surface area (Å²) < 4.78 is 62.3. The molecule has 1 aliphatic rings. The van der Waals surface area contributed by atoms with E-state index in [0.29, 0.717) is 32.0 Å². The molecule has 1 aromatic heterocycles. The van der Waals surface area contributed by atoms with Gasteiger partial charge in [0, 0.05) is 13.1 Å². The summed E-state index contributed by atoms with van der Waals surface area (Å²) in [6.45, 7) is 3.39. The molecule has 0 saturated carbocycles. The quantitative estimate of drug-likeness (QED) is 0.157. The molecule has 1 saturated heterocycles. The molecule has 0 spiro atoms. The van der Waals surface area contributed by atoms with Crippen LogP contribution in [0.4, 0.5) is 11.8 Å². The number of nitrogens with zero attached hydrogens (tertiary/aromatic N) is 4. The zero-order valence-electron chi connectivity index (χ0n) is 21.9. The first-order valence-electron chi connectivity index (χ1n) is 12.6. The van der Waals surface area contributed by atoms with Crippen LogP contribution in [0.25, 0.3) is 5.69 Å². The lowest BCUT2D eigenvalue weighted by Gasteiger charge is -2.30. The number of hydrogen-bond donors (Lipinski definition) is 0. The van der Waals surface area contributed by atoms with E-state index in [1.807, 2.05) is 24.0 Å². The van der Waals surface area contributed by atoms with Crippen LogP contribution in [-0.4, -0.2) is 62.6 Å². The fourth-order valence-corrected chi connectivity index (χ4v) is 7.77. The molecule has 1 fully saturated rings. The molecular weight excluding hydrogens is 607 g/mol. The number of aryl methyl sites for hydroxylation is 1. The Kier molecular flexibility index (Phi) is 8.53. The number of anilines is 1. The van der Waals surface area contributed by atoms with E-state index in [2.05, 4.69) is 9.98 Å². The zero-order valence-corrected chi connectivity index (χ0v) is 25.0. The molecule has 3 aromatic carbocycles. The third-order valence-corrected chi connectivity index (χ3v) is 10.6. The van der Waals surface area contributed by atoms with E-state index in [0.717, 1.165) is 5.56 Å². The maximum absolute atomic E-state index is 14.0. The van der Waals surface area contributed by atoms with Gasteiger partial charge in [0.15, 0.2) is 15.7 Å². The molecule has 13 heteroatoms. The highest BCUT2D eigenvalue weighted by Gasteiger charge is 2.35. The van der Waals surface area contributed by atoms with Gasteiger partial charge in [-0.2, -0.15) is 4.98 Å². The average Bonchev–Trinajstić information content (AvgIpc) is 3.37. The standard InChI is InChI=1S/C28H26Cl2N4O5S2/c1-20-12-14-21(15-13-20)34-27(33-16-18-39-19-17-33)26(41(37,38)23-10-6-3-7-11-23)32-28(34)31-25(24(29)30)40(35,36)22-8-4-2-5-9-22/h2-15,24H,16-19H2,1H3/b31-25+. The number of benzene rings is 3. The topological polar surface area (TPSA) is 111 Å². The van der Waals surface area contributed by atoms with Gasteiger partial charge in [-0.1, -0.05) is 77.3 Å². The normalized spacial score (nSPS) is 14.9. The molecule has 5 rings (SSSR count). The van der Waals surface area contributed by atoms with Gasteiger partial charge in [0.1, 0.15) is 0 Å². The summed E-state index contributed by atoms with van der Waals surface area (Å²) in [5, 5.41) is -0.857. The van der Waals surface area contributed by atoms with E-state index in [-0.39, 0.29) is 26.6 Å². The monoisotopic (exact) mass is 632 g/mol. The summed E-state index contributed by atoms with van der Waals surface area (Å²) >= 11 is 12.4. The van der Waals surface area contributed by atoms with Gasteiger partial charge in [-0.15, -0.1) is 0 Å². The molecule has 41 heavy (non-hydrogen) atoms. The maximum atomic E-state index is 14.0. The first-order chi connectivity index (χ1) is 19.6. The van der Waals surface area contributed by atoms with Crippen LogP contribution in [0.15, 0.2) is 105 Å². The summed E-state index contributed by atoms with van der Waals surface area (Å²) in [4.78, 5) is 9.11. The average molecular weight is 634 g/mol. The maximum Gasteiger partial charge on any atom is 0.238 e. The van der Waals surface area contributed by atoms with Gasteiger partial charge in [-0.05, 0) is 43.3 Å². The van der Waals surface area contributed by atoms with Crippen LogP contribution in [0, 0.1) is 6.92 Å². The fraction of sp³-hybridized carbons (Fsp3) is 0.214. The van der Waals surface area contributed by atoms with Crippen molar-refractivity contribution in [3.8, 4) is 5.69 Å². The summed E-state index contributed by atoms with van der Waals surface area (Å²) in [6, 6.07) is 22.8. The largest absolute Gasteiger partial charge is 0.378 e. The molecular formula is C28H26Cl2N4O5S2. The molecule has 214 valence electrons. The van der Waals surface area contributed by atoms with Gasteiger partial charge in [-0.25, -0.2) is 21.8 Å². The molecule has 1 aliphatic heterocycles. The molecule has 4 aromatic rings. The molecule has 0 N–H and O–H groups in total. The van der Waals surface area contributed by atoms with Crippen LogP contribution in [0.5, 0.6) is 0 Å². The molecule has 0 radical (unpaired) electrons. The number of ether oxygens (including phenoxy) is 1. The van der Waals surface area contributed by atoms with E-state index < -0.39 is 29.6 Å². The van der Waals surface area contributed by atoms with Crippen LogP contribution in [0.3, 0.4) is 0 Å². The highest BCUT2D eigenvalue weighted by Crippen LogP contribution is 2.38. The Morgan fingerprint density at radius 3 is 1.98 bits per heavy atom. The van der Waals surface area contributed by atoms with Crippen molar-refractivity contribution in [2.45, 2.75) is 26.6 Å². The Bertz CT molecular complexity index is 1770. The second-order valence-corrected chi connectivity index (χ2v) is 14.1. The first-order valence-corrected chi connectivity index (χ1v) is 16.4. The van der Waals surface area contributed by atoms with E-state index in [1.165, 1.54) is 28.8 Å². The molecule has 9 nitrogen and oxygen atoms in total. The Balaban J connectivity index is 1.84. The molecule has 0 atom stereocenters.